The van der Waals surface area contributed by atoms with E-state index in [-0.39, 0.29) is 13.2 Å². The summed E-state index contributed by atoms with van der Waals surface area (Å²) in [4.78, 5) is 25.7. The zero-order chi connectivity index (χ0) is 37.8. The van der Waals surface area contributed by atoms with Crippen LogP contribution in [-0.4, -0.2) is 64.4 Å². The molecule has 4 rings (SSSR count). The Hall–Kier alpha value is -3.70. The van der Waals surface area contributed by atoms with Gasteiger partial charge in [-0.1, -0.05) is 101 Å². The molecular weight excluding hydrogens is 648 g/mol. The van der Waals surface area contributed by atoms with Crippen molar-refractivity contribution in [2.24, 2.45) is 16.2 Å². The third kappa shape index (κ3) is 10.2. The summed E-state index contributed by atoms with van der Waals surface area (Å²) in [5.41, 5.74) is 2.98. The first-order valence-corrected chi connectivity index (χ1v) is 17.5. The maximum atomic E-state index is 12.8. The van der Waals surface area contributed by atoms with E-state index >= 15 is 0 Å². The SMILES string of the molecule is C=C(C)c1ccc(C(C)(C)NC(=O)OCC(C)(C)C2OCC3(CO2)COC(C(C)(C)COC(=O)NC(C)(C)c2ccc(C(=C)C)cc2)OC3)cc1. The van der Waals surface area contributed by atoms with E-state index in [1.54, 1.807) is 0 Å². The van der Waals surface area contributed by atoms with E-state index in [1.165, 1.54) is 0 Å². The van der Waals surface area contributed by atoms with Gasteiger partial charge in [0.25, 0.3) is 0 Å². The summed E-state index contributed by atoms with van der Waals surface area (Å²) in [6, 6.07) is 15.9. The number of alkyl carbamates (subject to hydrolysis) is 2. The molecule has 2 aliphatic rings. The fraction of sp³-hybridized carbons (Fsp3) is 0.561. The Morgan fingerprint density at radius 1 is 0.627 bits per heavy atom. The average molecular weight is 707 g/mol. The number of amides is 2. The molecule has 2 fully saturated rings. The highest BCUT2D eigenvalue weighted by Gasteiger charge is 2.48. The van der Waals surface area contributed by atoms with Gasteiger partial charge in [-0.05, 0) is 63.8 Å². The van der Waals surface area contributed by atoms with Crippen LogP contribution in [0.25, 0.3) is 11.1 Å². The van der Waals surface area contributed by atoms with Crippen LogP contribution < -0.4 is 10.6 Å². The molecule has 2 aliphatic heterocycles. The number of benzene rings is 2. The van der Waals surface area contributed by atoms with Crippen LogP contribution in [-0.2, 0) is 39.5 Å². The molecule has 0 unspecified atom stereocenters. The van der Waals surface area contributed by atoms with Gasteiger partial charge in [0.15, 0.2) is 12.6 Å². The molecule has 280 valence electrons. The minimum atomic E-state index is -0.639. The number of nitrogens with one attached hydrogen (secondary N) is 2. The van der Waals surface area contributed by atoms with Crippen LogP contribution in [0.15, 0.2) is 61.7 Å². The van der Waals surface area contributed by atoms with E-state index < -0.39 is 52.1 Å². The summed E-state index contributed by atoms with van der Waals surface area (Å²) in [7, 11) is 0. The van der Waals surface area contributed by atoms with Crippen LogP contribution in [0.2, 0.25) is 0 Å². The highest BCUT2D eigenvalue weighted by Crippen LogP contribution is 2.39. The van der Waals surface area contributed by atoms with Gasteiger partial charge in [0.05, 0.1) is 42.9 Å². The van der Waals surface area contributed by atoms with Crippen molar-refractivity contribution in [3.63, 3.8) is 0 Å². The minimum absolute atomic E-state index is 0.0937. The maximum absolute atomic E-state index is 12.8. The molecular formula is C41H58N2O8. The summed E-state index contributed by atoms with van der Waals surface area (Å²) in [5.74, 6) is 0. The maximum Gasteiger partial charge on any atom is 0.407 e. The van der Waals surface area contributed by atoms with Crippen LogP contribution in [0.3, 0.4) is 0 Å². The third-order valence-corrected chi connectivity index (χ3v) is 9.62. The number of carbonyl (C=O) groups excluding carboxylic acids is 2. The third-order valence-electron chi connectivity index (χ3n) is 9.62. The highest BCUT2D eigenvalue weighted by atomic mass is 16.7. The fourth-order valence-corrected chi connectivity index (χ4v) is 5.97. The molecule has 51 heavy (non-hydrogen) atoms. The van der Waals surface area contributed by atoms with Gasteiger partial charge in [-0.25, -0.2) is 9.59 Å². The van der Waals surface area contributed by atoms with Crippen LogP contribution in [0, 0.1) is 16.2 Å². The van der Waals surface area contributed by atoms with Gasteiger partial charge in [-0.3, -0.25) is 0 Å². The zero-order valence-corrected chi connectivity index (χ0v) is 32.2. The standard InChI is InChI=1S/C41H58N2O8/c1-27(2)29-13-17-31(18-14-29)39(9,10)42-35(44)50-21-37(5,6)33-46-23-41(24-47-33)25-48-34(49-26-41)38(7,8)22-51-36(45)43-40(11,12)32-19-15-30(16-20-32)28(3)4/h13-20,33-34H,1,3,21-26H2,2,4-12H3,(H,42,44)(H,43,45). The predicted octanol–water partition coefficient (Wildman–Crippen LogP) is 8.16. The predicted molar refractivity (Wildman–Crippen MR) is 199 cm³/mol. The lowest BCUT2D eigenvalue weighted by Gasteiger charge is -2.48. The molecule has 0 radical (unpaired) electrons. The van der Waals surface area contributed by atoms with Crippen LogP contribution in [0.4, 0.5) is 9.59 Å². The first kappa shape index (κ1) is 40.1. The summed E-state index contributed by atoms with van der Waals surface area (Å²) >= 11 is 0. The Labute approximate surface area is 304 Å². The Morgan fingerprint density at radius 2 is 0.922 bits per heavy atom. The molecule has 2 aromatic carbocycles. The van der Waals surface area contributed by atoms with Crippen LogP contribution >= 0.6 is 0 Å². The van der Waals surface area contributed by atoms with Gasteiger partial charge in [-0.15, -0.1) is 0 Å². The molecule has 1 spiro atoms. The zero-order valence-electron chi connectivity index (χ0n) is 32.2. The Kier molecular flexibility index (Phi) is 12.2. The normalized spacial score (nSPS) is 21.5. The van der Waals surface area contributed by atoms with Gasteiger partial charge in [0, 0.05) is 10.8 Å². The van der Waals surface area contributed by atoms with Crippen molar-refractivity contribution in [2.75, 3.05) is 39.6 Å². The van der Waals surface area contributed by atoms with Crippen molar-refractivity contribution in [3.05, 3.63) is 83.9 Å². The summed E-state index contributed by atoms with van der Waals surface area (Å²) < 4.78 is 36.1. The van der Waals surface area contributed by atoms with Gasteiger partial charge in [-0.2, -0.15) is 0 Å². The van der Waals surface area contributed by atoms with Crippen molar-refractivity contribution in [2.45, 2.75) is 92.9 Å². The monoisotopic (exact) mass is 706 g/mol. The lowest BCUT2D eigenvalue weighted by molar-refractivity contribution is -0.336. The summed E-state index contributed by atoms with van der Waals surface area (Å²) in [5, 5.41) is 5.93. The van der Waals surface area contributed by atoms with E-state index in [1.807, 2.05) is 118 Å². The van der Waals surface area contributed by atoms with E-state index in [2.05, 4.69) is 23.8 Å². The van der Waals surface area contributed by atoms with Crippen molar-refractivity contribution in [1.29, 1.82) is 0 Å². The number of rotatable bonds is 12. The Morgan fingerprint density at radius 3 is 1.20 bits per heavy atom. The number of ether oxygens (including phenoxy) is 6. The fourth-order valence-electron chi connectivity index (χ4n) is 5.97. The molecule has 0 aliphatic carbocycles. The molecule has 0 aromatic heterocycles. The van der Waals surface area contributed by atoms with Crippen molar-refractivity contribution in [3.8, 4) is 0 Å². The lowest BCUT2D eigenvalue weighted by Crippen LogP contribution is -2.57. The van der Waals surface area contributed by atoms with Gasteiger partial charge in [0.2, 0.25) is 0 Å². The number of allylic oxidation sites excluding steroid dienone is 2. The van der Waals surface area contributed by atoms with Crippen LogP contribution in [0.5, 0.6) is 0 Å². The summed E-state index contributed by atoms with van der Waals surface area (Å²) in [6.45, 7) is 29.0. The molecule has 2 N–H and O–H groups in total. The Bertz CT molecular complexity index is 1420. The topological polar surface area (TPSA) is 114 Å². The van der Waals surface area contributed by atoms with Crippen molar-refractivity contribution in [1.82, 2.24) is 10.6 Å². The van der Waals surface area contributed by atoms with E-state index in [0.29, 0.717) is 26.4 Å². The molecule has 2 saturated heterocycles. The summed E-state index contributed by atoms with van der Waals surface area (Å²) in [6.07, 6.45) is -2.22. The molecule has 2 amide bonds. The molecule has 0 atom stereocenters. The lowest BCUT2D eigenvalue weighted by atomic mass is 9.86. The highest BCUT2D eigenvalue weighted by molar-refractivity contribution is 5.69. The van der Waals surface area contributed by atoms with Crippen LogP contribution in [0.1, 0.15) is 91.5 Å². The largest absolute Gasteiger partial charge is 0.449 e. The minimum Gasteiger partial charge on any atom is -0.449 e. The number of hydrogen-bond donors (Lipinski definition) is 2. The smallest absolute Gasteiger partial charge is 0.407 e. The van der Waals surface area contributed by atoms with E-state index in [4.69, 9.17) is 28.4 Å². The second-order valence-electron chi connectivity index (χ2n) is 16.8. The molecule has 0 saturated carbocycles. The first-order chi connectivity index (χ1) is 23.6. The first-order valence-electron chi connectivity index (χ1n) is 17.5. The molecule has 10 nitrogen and oxygen atoms in total. The molecule has 2 aromatic rings. The van der Waals surface area contributed by atoms with Gasteiger partial charge in [0.1, 0.15) is 13.2 Å². The van der Waals surface area contributed by atoms with Gasteiger partial charge >= 0.3 is 12.2 Å². The molecule has 2 heterocycles. The van der Waals surface area contributed by atoms with E-state index in [0.717, 1.165) is 33.4 Å². The molecule has 10 heteroatoms. The average Bonchev–Trinajstić information content (AvgIpc) is 3.07. The van der Waals surface area contributed by atoms with Crippen molar-refractivity contribution >= 4 is 23.3 Å². The van der Waals surface area contributed by atoms with Gasteiger partial charge < -0.3 is 39.1 Å². The molecule has 0 bridgehead atoms. The second-order valence-corrected chi connectivity index (χ2v) is 16.8. The quantitative estimate of drug-likeness (QED) is 0.227. The number of carbonyl (C=O) groups is 2. The second kappa shape index (κ2) is 15.5. The van der Waals surface area contributed by atoms with Crippen molar-refractivity contribution < 1.29 is 38.0 Å². The Balaban J connectivity index is 1.20. The van der Waals surface area contributed by atoms with E-state index in [9.17, 15) is 9.59 Å². The number of hydrogen-bond acceptors (Lipinski definition) is 8.